The number of rotatable bonds is 2. The minimum atomic E-state index is -0.417. The molecule has 0 saturated heterocycles. The quantitative estimate of drug-likeness (QED) is 0.773. The van der Waals surface area contributed by atoms with E-state index in [0.717, 1.165) is 11.3 Å². The van der Waals surface area contributed by atoms with E-state index >= 15 is 0 Å². The number of carbonyl (C=O) groups excluding carboxylic acids is 1. The molecule has 6 nitrogen and oxygen atoms in total. The van der Waals surface area contributed by atoms with E-state index < -0.39 is 5.03 Å². The van der Waals surface area contributed by atoms with E-state index in [2.05, 4.69) is 10.4 Å². The largest absolute Gasteiger partial charge is 0.361 e. The van der Waals surface area contributed by atoms with Crippen LogP contribution in [-0.2, 0) is 6.42 Å². The lowest BCUT2D eigenvalue weighted by Gasteiger charge is -2.26. The third-order valence-corrected chi connectivity index (χ3v) is 3.47. The Bertz CT molecular complexity index is 467. The van der Waals surface area contributed by atoms with Crippen molar-refractivity contribution in [2.75, 3.05) is 5.43 Å². The standard InChI is InChI=1S/C9H11N3O3S/c1-9(2)3-5-7(6(13)4-9)16-8(10-5)11-12(14)15/h3-4H2,1-2H3,(H-,10,11,13,14,15)/p+1. The zero-order chi connectivity index (χ0) is 11.9. The van der Waals surface area contributed by atoms with Crippen LogP contribution < -0.4 is 5.43 Å². The molecule has 0 atom stereocenters. The molecule has 0 radical (unpaired) electrons. The molecule has 86 valence electrons. The molecule has 7 heteroatoms. The number of aromatic nitrogens is 1. The maximum Gasteiger partial charge on any atom is 0.361 e. The molecule has 0 aromatic carbocycles. The summed E-state index contributed by atoms with van der Waals surface area (Å²) in [6.45, 7) is 4.01. The van der Waals surface area contributed by atoms with E-state index in [0.29, 0.717) is 23.4 Å². The minimum absolute atomic E-state index is 0.0483. The van der Waals surface area contributed by atoms with Gasteiger partial charge in [-0.05, 0) is 17.3 Å². The smallest absolute Gasteiger partial charge is 0.293 e. The lowest BCUT2D eigenvalue weighted by Crippen LogP contribution is -2.26. The maximum absolute atomic E-state index is 11.8. The third kappa shape index (κ3) is 2.04. The van der Waals surface area contributed by atoms with Crippen molar-refractivity contribution >= 4 is 22.3 Å². The Morgan fingerprint density at radius 1 is 1.50 bits per heavy atom. The fraction of sp³-hybridized carbons (Fsp3) is 0.556. The van der Waals surface area contributed by atoms with E-state index in [1.54, 1.807) is 0 Å². The van der Waals surface area contributed by atoms with E-state index in [4.69, 9.17) is 5.21 Å². The Morgan fingerprint density at radius 2 is 2.19 bits per heavy atom. The molecule has 0 bridgehead atoms. The van der Waals surface area contributed by atoms with Crippen molar-refractivity contribution in [3.8, 4) is 0 Å². The zero-order valence-electron chi connectivity index (χ0n) is 8.98. The molecule has 2 N–H and O–H groups in total. The number of hydrogen-bond donors (Lipinski definition) is 2. The molecule has 1 aromatic rings. The summed E-state index contributed by atoms with van der Waals surface area (Å²) in [5, 5.41) is 8.31. The summed E-state index contributed by atoms with van der Waals surface area (Å²) >= 11 is 1.10. The molecule has 1 heterocycles. The summed E-state index contributed by atoms with van der Waals surface area (Å²) in [4.78, 5) is 26.9. The molecule has 0 amide bonds. The van der Waals surface area contributed by atoms with Gasteiger partial charge < -0.3 is 0 Å². The van der Waals surface area contributed by atoms with Crippen molar-refractivity contribution in [1.82, 2.24) is 4.98 Å². The summed E-state index contributed by atoms with van der Waals surface area (Å²) < 4.78 is 0. The fourth-order valence-electron chi connectivity index (χ4n) is 1.85. The Kier molecular flexibility index (Phi) is 2.42. The highest BCUT2D eigenvalue weighted by Gasteiger charge is 2.34. The number of carbonyl (C=O) groups is 1. The Balaban J connectivity index is 2.34. The van der Waals surface area contributed by atoms with Gasteiger partial charge in [-0.3, -0.25) is 4.79 Å². The Hall–Kier alpha value is -1.50. The molecule has 0 unspecified atom stereocenters. The average Bonchev–Trinajstić information content (AvgIpc) is 2.43. The number of Topliss-reactive ketones (excluding diaryl/α,β-unsaturated/α-hetero) is 1. The number of thiazole rings is 1. The SMILES string of the molecule is CC1(C)CC(=O)c2sc(N[N+](=O)O)nc2C1. The molecule has 0 saturated carbocycles. The van der Waals surface area contributed by atoms with Crippen LogP contribution in [0.5, 0.6) is 0 Å². The second kappa shape index (κ2) is 3.51. The summed E-state index contributed by atoms with van der Waals surface area (Å²) in [6.07, 6.45) is 1.19. The van der Waals surface area contributed by atoms with Crippen LogP contribution in [0.3, 0.4) is 0 Å². The van der Waals surface area contributed by atoms with Crippen molar-refractivity contribution < 1.29 is 15.0 Å². The van der Waals surface area contributed by atoms with Crippen LogP contribution in [0.2, 0.25) is 0 Å². The van der Waals surface area contributed by atoms with E-state index in [9.17, 15) is 9.70 Å². The monoisotopic (exact) mass is 242 g/mol. The number of nitrogens with one attached hydrogen (secondary N) is 1. The van der Waals surface area contributed by atoms with Gasteiger partial charge in [0, 0.05) is 6.42 Å². The zero-order valence-corrected chi connectivity index (χ0v) is 9.80. The number of ketones is 1. The summed E-state index contributed by atoms with van der Waals surface area (Å²) in [6, 6.07) is 0. The molecule has 0 fully saturated rings. The maximum atomic E-state index is 11.8. The van der Waals surface area contributed by atoms with Gasteiger partial charge in [0.2, 0.25) is 0 Å². The topological polar surface area (TPSA) is 82.3 Å². The van der Waals surface area contributed by atoms with E-state index in [1.807, 2.05) is 13.8 Å². The number of hydrogen-bond acceptors (Lipinski definition) is 4. The normalized spacial score (nSPS) is 18.0. The number of anilines is 1. The highest BCUT2D eigenvalue weighted by molar-refractivity contribution is 7.17. The first kappa shape index (κ1) is 11.0. The van der Waals surface area contributed by atoms with Crippen LogP contribution >= 0.6 is 11.3 Å². The van der Waals surface area contributed by atoms with Gasteiger partial charge in [0.1, 0.15) is 4.91 Å². The van der Waals surface area contributed by atoms with Gasteiger partial charge in [0.05, 0.1) is 10.6 Å². The van der Waals surface area contributed by atoms with Gasteiger partial charge in [-0.2, -0.15) is 0 Å². The van der Waals surface area contributed by atoms with Crippen LogP contribution in [0, 0.1) is 10.3 Å². The summed E-state index contributed by atoms with van der Waals surface area (Å²) in [5.74, 6) is 0.0483. The molecular formula is C9H12N3O3S+. The van der Waals surface area contributed by atoms with E-state index in [-0.39, 0.29) is 16.3 Å². The number of hydrazine groups is 1. The van der Waals surface area contributed by atoms with Crippen LogP contribution in [0.4, 0.5) is 5.13 Å². The fourth-order valence-corrected chi connectivity index (χ4v) is 2.74. The van der Waals surface area contributed by atoms with Crippen LogP contribution in [0.15, 0.2) is 0 Å². The molecular weight excluding hydrogens is 230 g/mol. The summed E-state index contributed by atoms with van der Waals surface area (Å²) in [7, 11) is 0. The number of nitrogens with zero attached hydrogens (tertiary/aromatic N) is 2. The summed E-state index contributed by atoms with van der Waals surface area (Å²) in [5.41, 5.74) is 2.71. The molecule has 2 rings (SSSR count). The van der Waals surface area contributed by atoms with E-state index in [1.165, 1.54) is 0 Å². The molecule has 1 aromatic heterocycles. The van der Waals surface area contributed by atoms with Crippen LogP contribution in [0.1, 0.15) is 35.6 Å². The average molecular weight is 242 g/mol. The van der Waals surface area contributed by atoms with Crippen LogP contribution in [0.25, 0.3) is 0 Å². The highest BCUT2D eigenvalue weighted by atomic mass is 32.1. The molecule has 0 spiro atoms. The Morgan fingerprint density at radius 3 is 2.81 bits per heavy atom. The second-order valence-corrected chi connectivity index (χ2v) is 5.62. The van der Waals surface area contributed by atoms with Crippen molar-refractivity contribution in [3.63, 3.8) is 0 Å². The van der Waals surface area contributed by atoms with Crippen molar-refractivity contribution in [3.05, 3.63) is 15.5 Å². The van der Waals surface area contributed by atoms with Gasteiger partial charge >= 0.3 is 5.03 Å². The third-order valence-electron chi connectivity index (χ3n) is 2.43. The van der Waals surface area contributed by atoms with Gasteiger partial charge in [0.25, 0.3) is 5.13 Å². The first-order valence-electron chi connectivity index (χ1n) is 4.83. The predicted octanol–water partition coefficient (Wildman–Crippen LogP) is 1.79. The molecule has 0 aliphatic heterocycles. The highest BCUT2D eigenvalue weighted by Crippen LogP contribution is 2.38. The van der Waals surface area contributed by atoms with Gasteiger partial charge in [-0.15, -0.1) is 0 Å². The van der Waals surface area contributed by atoms with Crippen LogP contribution in [-0.4, -0.2) is 21.0 Å². The number of fused-ring (bicyclic) bond motifs is 1. The lowest BCUT2D eigenvalue weighted by atomic mass is 9.78. The molecule has 1 aliphatic carbocycles. The first-order chi connectivity index (χ1) is 7.37. The van der Waals surface area contributed by atoms with Gasteiger partial charge in [0.15, 0.2) is 5.78 Å². The second-order valence-electron chi connectivity index (χ2n) is 4.62. The first-order valence-corrected chi connectivity index (χ1v) is 5.65. The van der Waals surface area contributed by atoms with Crippen molar-refractivity contribution in [2.24, 2.45) is 5.41 Å². The van der Waals surface area contributed by atoms with Crippen molar-refractivity contribution in [2.45, 2.75) is 26.7 Å². The lowest BCUT2D eigenvalue weighted by molar-refractivity contribution is -0.769. The molecule has 16 heavy (non-hydrogen) atoms. The van der Waals surface area contributed by atoms with Gasteiger partial charge in [-0.1, -0.05) is 25.2 Å². The molecule has 1 aliphatic rings. The van der Waals surface area contributed by atoms with Crippen molar-refractivity contribution in [1.29, 1.82) is 0 Å². The Labute approximate surface area is 95.8 Å². The minimum Gasteiger partial charge on any atom is -0.293 e. The predicted molar refractivity (Wildman–Crippen MR) is 57.6 cm³/mol. The van der Waals surface area contributed by atoms with Gasteiger partial charge in [-0.25, -0.2) is 10.2 Å².